The Hall–Kier alpha value is -0.260. The van der Waals surface area contributed by atoms with Gasteiger partial charge >= 0.3 is 0 Å². The van der Waals surface area contributed by atoms with E-state index in [0.717, 1.165) is 6.42 Å². The van der Waals surface area contributed by atoms with E-state index in [9.17, 15) is 4.79 Å². The van der Waals surface area contributed by atoms with E-state index in [1.807, 2.05) is 13.2 Å². The van der Waals surface area contributed by atoms with Crippen molar-refractivity contribution in [3.63, 3.8) is 0 Å². The van der Waals surface area contributed by atoms with Gasteiger partial charge in [-0.2, -0.15) is 11.8 Å². The van der Waals surface area contributed by atoms with Gasteiger partial charge in [-0.15, -0.1) is 0 Å². The maximum atomic E-state index is 11.5. The molecule has 3 N–H and O–H groups in total. The highest BCUT2D eigenvalue weighted by molar-refractivity contribution is 7.99. The zero-order valence-electron chi connectivity index (χ0n) is 10.6. The van der Waals surface area contributed by atoms with Crippen LogP contribution in [-0.4, -0.2) is 47.8 Å². The summed E-state index contributed by atoms with van der Waals surface area (Å²) in [5.74, 6) is -0.0136. The summed E-state index contributed by atoms with van der Waals surface area (Å²) in [4.78, 5) is 11.5. The standard InChI is InChI=1S/C11H24N2O2S/c1-5-8(2)12-6-11(15)13-9(3)10(7-14)16-4/h8-10,12,14H,5-7H2,1-4H3,(H,13,15). The molecule has 96 valence electrons. The first kappa shape index (κ1) is 15.7. The van der Waals surface area contributed by atoms with Gasteiger partial charge in [-0.25, -0.2) is 0 Å². The van der Waals surface area contributed by atoms with Crippen LogP contribution in [0.1, 0.15) is 27.2 Å². The number of hydrogen-bond acceptors (Lipinski definition) is 4. The number of hydrogen-bond donors (Lipinski definition) is 3. The molecule has 0 aromatic carbocycles. The first-order valence-electron chi connectivity index (χ1n) is 5.71. The van der Waals surface area contributed by atoms with Crippen LogP contribution in [0.25, 0.3) is 0 Å². The smallest absolute Gasteiger partial charge is 0.234 e. The van der Waals surface area contributed by atoms with Crippen molar-refractivity contribution in [1.82, 2.24) is 10.6 Å². The van der Waals surface area contributed by atoms with E-state index in [4.69, 9.17) is 5.11 Å². The summed E-state index contributed by atoms with van der Waals surface area (Å²) in [7, 11) is 0. The van der Waals surface area contributed by atoms with Gasteiger partial charge in [0, 0.05) is 17.3 Å². The van der Waals surface area contributed by atoms with Crippen molar-refractivity contribution in [3.8, 4) is 0 Å². The van der Waals surface area contributed by atoms with E-state index in [-0.39, 0.29) is 23.8 Å². The Labute approximate surface area is 103 Å². The van der Waals surface area contributed by atoms with E-state index < -0.39 is 0 Å². The third-order valence-corrected chi connectivity index (χ3v) is 3.82. The molecule has 3 atom stereocenters. The molecule has 0 bridgehead atoms. The van der Waals surface area contributed by atoms with Crippen LogP contribution in [-0.2, 0) is 4.79 Å². The van der Waals surface area contributed by atoms with Crippen LogP contribution in [0.2, 0.25) is 0 Å². The molecule has 5 heteroatoms. The molecule has 1 amide bonds. The third-order valence-electron chi connectivity index (χ3n) is 2.65. The fourth-order valence-corrected chi connectivity index (χ4v) is 1.87. The van der Waals surface area contributed by atoms with Crippen LogP contribution in [0.5, 0.6) is 0 Å². The molecule has 0 aliphatic carbocycles. The second kappa shape index (κ2) is 8.84. The molecule has 0 aromatic heterocycles. The van der Waals surface area contributed by atoms with Gasteiger partial charge in [0.05, 0.1) is 13.2 Å². The first-order chi connectivity index (χ1) is 7.54. The fourth-order valence-electron chi connectivity index (χ4n) is 1.25. The minimum Gasteiger partial charge on any atom is -0.395 e. The lowest BCUT2D eigenvalue weighted by atomic mass is 10.2. The number of nitrogens with one attached hydrogen (secondary N) is 2. The van der Waals surface area contributed by atoms with E-state index >= 15 is 0 Å². The molecule has 0 saturated carbocycles. The molecule has 0 radical (unpaired) electrons. The number of thioether (sulfide) groups is 1. The van der Waals surface area contributed by atoms with Gasteiger partial charge < -0.3 is 15.7 Å². The molecule has 0 aliphatic heterocycles. The van der Waals surface area contributed by atoms with Gasteiger partial charge in [-0.05, 0) is 26.5 Å². The molecule has 0 saturated heterocycles. The molecule has 4 nitrogen and oxygen atoms in total. The summed E-state index contributed by atoms with van der Waals surface area (Å²) >= 11 is 1.56. The van der Waals surface area contributed by atoms with Crippen LogP contribution >= 0.6 is 11.8 Å². The summed E-state index contributed by atoms with van der Waals surface area (Å²) in [6.07, 6.45) is 2.94. The molecule has 0 aliphatic rings. The van der Waals surface area contributed by atoms with Gasteiger partial charge in [-0.3, -0.25) is 4.79 Å². The number of amides is 1. The van der Waals surface area contributed by atoms with Crippen LogP contribution in [0, 0.1) is 0 Å². The molecule has 0 fully saturated rings. The maximum absolute atomic E-state index is 11.5. The van der Waals surface area contributed by atoms with Crippen LogP contribution in [0.15, 0.2) is 0 Å². The highest BCUT2D eigenvalue weighted by Crippen LogP contribution is 2.09. The Balaban J connectivity index is 3.86. The molecule has 0 aromatic rings. The third kappa shape index (κ3) is 6.35. The SMILES string of the molecule is CCC(C)NCC(=O)NC(C)C(CO)SC. The number of carbonyl (C=O) groups excluding carboxylic acids is 1. The van der Waals surface area contributed by atoms with Crippen molar-refractivity contribution in [3.05, 3.63) is 0 Å². The van der Waals surface area contributed by atoms with Crippen LogP contribution in [0.3, 0.4) is 0 Å². The number of carbonyl (C=O) groups is 1. The van der Waals surface area contributed by atoms with Gasteiger partial charge in [-0.1, -0.05) is 6.92 Å². The Morgan fingerprint density at radius 3 is 2.50 bits per heavy atom. The molecule has 0 spiro atoms. The van der Waals surface area contributed by atoms with Gasteiger partial charge in [0.2, 0.25) is 5.91 Å². The van der Waals surface area contributed by atoms with E-state index in [1.54, 1.807) is 11.8 Å². The second-order valence-electron chi connectivity index (χ2n) is 4.00. The number of aliphatic hydroxyl groups excluding tert-OH is 1. The van der Waals surface area contributed by atoms with Gasteiger partial charge in [0.1, 0.15) is 0 Å². The average Bonchev–Trinajstić information content (AvgIpc) is 2.27. The Kier molecular flexibility index (Phi) is 8.70. The summed E-state index contributed by atoms with van der Waals surface area (Å²) in [6, 6.07) is 0.349. The number of rotatable bonds is 8. The first-order valence-corrected chi connectivity index (χ1v) is 7.00. The second-order valence-corrected chi connectivity index (χ2v) is 5.08. The van der Waals surface area contributed by atoms with E-state index in [0.29, 0.717) is 12.6 Å². The average molecular weight is 248 g/mol. The highest BCUT2D eigenvalue weighted by Gasteiger charge is 2.17. The van der Waals surface area contributed by atoms with Crippen LogP contribution < -0.4 is 10.6 Å². The lowest BCUT2D eigenvalue weighted by Gasteiger charge is -2.21. The molecular formula is C11H24N2O2S. The van der Waals surface area contributed by atoms with Gasteiger partial charge in [0.25, 0.3) is 0 Å². The van der Waals surface area contributed by atoms with Crippen LogP contribution in [0.4, 0.5) is 0 Å². The minimum atomic E-state index is -0.0136. The lowest BCUT2D eigenvalue weighted by molar-refractivity contribution is -0.121. The van der Waals surface area contributed by atoms with E-state index in [2.05, 4.69) is 24.5 Å². The number of aliphatic hydroxyl groups is 1. The molecule has 3 unspecified atom stereocenters. The summed E-state index contributed by atoms with van der Waals surface area (Å²) < 4.78 is 0. The van der Waals surface area contributed by atoms with Crippen molar-refractivity contribution < 1.29 is 9.90 Å². The maximum Gasteiger partial charge on any atom is 0.234 e. The quantitative estimate of drug-likeness (QED) is 0.589. The summed E-state index contributed by atoms with van der Waals surface area (Å²) in [5, 5.41) is 15.2. The van der Waals surface area contributed by atoms with Crippen molar-refractivity contribution >= 4 is 17.7 Å². The summed E-state index contributed by atoms with van der Waals surface area (Å²) in [5.41, 5.74) is 0. The lowest BCUT2D eigenvalue weighted by Crippen LogP contribution is -2.45. The predicted octanol–water partition coefficient (Wildman–Crippen LogP) is 0.603. The molecule has 0 heterocycles. The molecule has 16 heavy (non-hydrogen) atoms. The zero-order valence-corrected chi connectivity index (χ0v) is 11.4. The fraction of sp³-hybridized carbons (Fsp3) is 0.909. The van der Waals surface area contributed by atoms with Crippen molar-refractivity contribution in [1.29, 1.82) is 0 Å². The zero-order chi connectivity index (χ0) is 12.6. The normalized spacial score (nSPS) is 16.6. The van der Waals surface area contributed by atoms with Crippen molar-refractivity contribution in [2.75, 3.05) is 19.4 Å². The predicted molar refractivity (Wildman–Crippen MR) is 69.7 cm³/mol. The molecular weight excluding hydrogens is 224 g/mol. The largest absolute Gasteiger partial charge is 0.395 e. The summed E-state index contributed by atoms with van der Waals surface area (Å²) in [6.45, 7) is 6.47. The Bertz CT molecular complexity index is 198. The topological polar surface area (TPSA) is 61.4 Å². The van der Waals surface area contributed by atoms with Gasteiger partial charge in [0.15, 0.2) is 0 Å². The van der Waals surface area contributed by atoms with Crippen molar-refractivity contribution in [2.45, 2.75) is 44.5 Å². The monoisotopic (exact) mass is 248 g/mol. The molecule has 0 rings (SSSR count). The van der Waals surface area contributed by atoms with Crippen molar-refractivity contribution in [2.24, 2.45) is 0 Å². The minimum absolute atomic E-state index is 0.00812. The van der Waals surface area contributed by atoms with E-state index in [1.165, 1.54) is 0 Å². The Morgan fingerprint density at radius 1 is 1.44 bits per heavy atom. The Morgan fingerprint density at radius 2 is 2.06 bits per heavy atom. The highest BCUT2D eigenvalue weighted by atomic mass is 32.2.